The molecule has 0 bridgehead atoms. The molecule has 172 valence electrons. The average Bonchev–Trinajstić information content (AvgIpc) is 3.21. The molecule has 3 heterocycles. The SMILES string of the molecule is CNc1nc(CO[Si](C)(C)C(C)(C)C)nc2c(-c3ccc(N4CCOCC4)cc3)csc12. The molecule has 6 nitrogen and oxygen atoms in total. The van der Waals surface area contributed by atoms with Gasteiger partial charge in [0, 0.05) is 36.8 Å². The fourth-order valence-electron chi connectivity index (χ4n) is 3.54. The summed E-state index contributed by atoms with van der Waals surface area (Å²) in [5, 5.41) is 5.59. The number of thiophene rings is 1. The second-order valence-electron chi connectivity index (χ2n) is 9.76. The van der Waals surface area contributed by atoms with Gasteiger partial charge in [-0.1, -0.05) is 32.9 Å². The van der Waals surface area contributed by atoms with Crippen molar-refractivity contribution in [1.82, 2.24) is 9.97 Å². The molecule has 4 rings (SSSR count). The van der Waals surface area contributed by atoms with Crippen molar-refractivity contribution >= 4 is 41.4 Å². The van der Waals surface area contributed by atoms with E-state index < -0.39 is 8.32 Å². The Hall–Kier alpha value is -2.00. The summed E-state index contributed by atoms with van der Waals surface area (Å²) < 4.78 is 13.0. The summed E-state index contributed by atoms with van der Waals surface area (Å²) in [7, 11) is 0.0350. The second-order valence-corrected chi connectivity index (χ2v) is 15.4. The highest BCUT2D eigenvalue weighted by Gasteiger charge is 2.37. The van der Waals surface area contributed by atoms with Gasteiger partial charge in [-0.3, -0.25) is 0 Å². The van der Waals surface area contributed by atoms with Crippen molar-refractivity contribution in [2.45, 2.75) is 45.5 Å². The van der Waals surface area contributed by atoms with Crippen LogP contribution in [0.25, 0.3) is 21.3 Å². The summed E-state index contributed by atoms with van der Waals surface area (Å²) in [6, 6.07) is 8.79. The molecule has 1 aromatic carbocycles. The van der Waals surface area contributed by atoms with Crippen molar-refractivity contribution in [1.29, 1.82) is 0 Å². The molecule has 0 radical (unpaired) electrons. The van der Waals surface area contributed by atoms with Crippen LogP contribution in [0.3, 0.4) is 0 Å². The minimum Gasteiger partial charge on any atom is -0.409 e. The topological polar surface area (TPSA) is 59.5 Å². The van der Waals surface area contributed by atoms with Gasteiger partial charge in [0.25, 0.3) is 0 Å². The van der Waals surface area contributed by atoms with Gasteiger partial charge >= 0.3 is 0 Å². The Labute approximate surface area is 196 Å². The highest BCUT2D eigenvalue weighted by molar-refractivity contribution is 7.18. The number of anilines is 2. The number of morpholine rings is 1. The maximum Gasteiger partial charge on any atom is 0.192 e. The minimum absolute atomic E-state index is 0.151. The van der Waals surface area contributed by atoms with E-state index in [9.17, 15) is 0 Å². The first kappa shape index (κ1) is 23.2. The van der Waals surface area contributed by atoms with Crippen LogP contribution < -0.4 is 10.2 Å². The van der Waals surface area contributed by atoms with Gasteiger partial charge in [-0.2, -0.15) is 0 Å². The molecule has 1 fully saturated rings. The highest BCUT2D eigenvalue weighted by atomic mass is 32.1. The number of ether oxygens (including phenoxy) is 1. The van der Waals surface area contributed by atoms with Gasteiger partial charge < -0.3 is 19.4 Å². The first-order valence-electron chi connectivity index (χ1n) is 11.2. The number of fused-ring (bicyclic) bond motifs is 1. The largest absolute Gasteiger partial charge is 0.409 e. The molecule has 0 saturated carbocycles. The fraction of sp³-hybridized carbons (Fsp3) is 0.500. The Morgan fingerprint density at radius 1 is 1.12 bits per heavy atom. The number of hydrogen-bond acceptors (Lipinski definition) is 7. The Morgan fingerprint density at radius 2 is 1.81 bits per heavy atom. The molecule has 3 aromatic rings. The molecule has 0 amide bonds. The number of benzene rings is 1. The molecule has 32 heavy (non-hydrogen) atoms. The molecule has 8 heteroatoms. The summed E-state index contributed by atoms with van der Waals surface area (Å²) in [5.74, 6) is 1.60. The predicted molar refractivity (Wildman–Crippen MR) is 137 cm³/mol. The van der Waals surface area contributed by atoms with Crippen LogP contribution >= 0.6 is 11.3 Å². The van der Waals surface area contributed by atoms with Crippen molar-refractivity contribution < 1.29 is 9.16 Å². The van der Waals surface area contributed by atoms with Crippen LogP contribution in [0, 0.1) is 0 Å². The van der Waals surface area contributed by atoms with Crippen molar-refractivity contribution in [3.05, 3.63) is 35.5 Å². The molecule has 2 aromatic heterocycles. The van der Waals surface area contributed by atoms with Gasteiger partial charge in [0.2, 0.25) is 0 Å². The van der Waals surface area contributed by atoms with Crippen molar-refractivity contribution in [2.75, 3.05) is 43.6 Å². The molecule has 0 unspecified atom stereocenters. The third kappa shape index (κ3) is 4.68. The Morgan fingerprint density at radius 3 is 2.44 bits per heavy atom. The highest BCUT2D eigenvalue weighted by Crippen LogP contribution is 2.39. The Balaban J connectivity index is 1.63. The van der Waals surface area contributed by atoms with Crippen molar-refractivity contribution in [2.24, 2.45) is 0 Å². The zero-order valence-corrected chi connectivity index (χ0v) is 21.8. The number of nitrogens with zero attached hydrogens (tertiary/aromatic N) is 3. The maximum absolute atomic E-state index is 6.41. The lowest BCUT2D eigenvalue weighted by atomic mass is 10.1. The summed E-state index contributed by atoms with van der Waals surface area (Å²) >= 11 is 1.68. The van der Waals surface area contributed by atoms with E-state index in [1.165, 1.54) is 11.3 Å². The normalized spacial score (nSPS) is 15.4. The number of hydrogen-bond donors (Lipinski definition) is 1. The standard InChI is InChI=1S/C24H34N4O2SSi/c1-24(2,3)32(5,6)30-15-20-26-21-19(16-31-22(21)23(25-4)27-20)17-7-9-18(10-8-17)28-11-13-29-14-12-28/h7-10,16H,11-15H2,1-6H3,(H,25,26,27). The van der Waals surface area contributed by atoms with E-state index in [0.29, 0.717) is 6.61 Å². The fourth-order valence-corrected chi connectivity index (χ4v) is 5.47. The zero-order chi connectivity index (χ0) is 22.9. The number of aromatic nitrogens is 2. The first-order valence-corrected chi connectivity index (χ1v) is 15.0. The molecule has 1 aliphatic rings. The van der Waals surface area contributed by atoms with Crippen LogP contribution in [0.2, 0.25) is 18.1 Å². The Bertz CT molecular complexity index is 1070. The molecule has 0 aliphatic carbocycles. The third-order valence-corrected chi connectivity index (χ3v) is 12.1. The first-order chi connectivity index (χ1) is 15.2. The van der Waals surface area contributed by atoms with Gasteiger partial charge in [-0.15, -0.1) is 11.3 Å². The van der Waals surface area contributed by atoms with E-state index in [-0.39, 0.29) is 5.04 Å². The molecule has 1 saturated heterocycles. The van der Waals surface area contributed by atoms with Gasteiger partial charge in [-0.05, 0) is 35.8 Å². The van der Waals surface area contributed by atoms with E-state index in [1.807, 2.05) is 7.05 Å². The summed E-state index contributed by atoms with van der Waals surface area (Å²) in [5.41, 5.74) is 4.55. The lowest BCUT2D eigenvalue weighted by Crippen LogP contribution is -2.40. The van der Waals surface area contributed by atoms with Crippen LogP contribution in [0.15, 0.2) is 29.6 Å². The minimum atomic E-state index is -1.88. The zero-order valence-electron chi connectivity index (χ0n) is 20.0. The van der Waals surface area contributed by atoms with Crippen LogP contribution in [-0.4, -0.2) is 51.6 Å². The lowest BCUT2D eigenvalue weighted by Gasteiger charge is -2.35. The molecule has 0 spiro atoms. The maximum atomic E-state index is 6.41. The smallest absolute Gasteiger partial charge is 0.192 e. The van der Waals surface area contributed by atoms with Gasteiger partial charge in [0.15, 0.2) is 14.1 Å². The van der Waals surface area contributed by atoms with Crippen LogP contribution in [0.4, 0.5) is 11.5 Å². The summed E-state index contributed by atoms with van der Waals surface area (Å²) in [4.78, 5) is 12.1. The predicted octanol–water partition coefficient (Wildman–Crippen LogP) is 5.76. The van der Waals surface area contributed by atoms with Gasteiger partial charge in [0.05, 0.1) is 30.0 Å². The number of nitrogens with one attached hydrogen (secondary N) is 1. The van der Waals surface area contributed by atoms with E-state index in [0.717, 1.165) is 53.7 Å². The van der Waals surface area contributed by atoms with Crippen LogP contribution in [0.1, 0.15) is 26.6 Å². The molecule has 1 aliphatic heterocycles. The molecule has 0 atom stereocenters. The van der Waals surface area contributed by atoms with Gasteiger partial charge in [0.1, 0.15) is 5.82 Å². The third-order valence-electron chi connectivity index (χ3n) is 6.62. The lowest BCUT2D eigenvalue weighted by molar-refractivity contribution is 0.122. The van der Waals surface area contributed by atoms with E-state index in [4.69, 9.17) is 19.1 Å². The van der Waals surface area contributed by atoms with E-state index in [2.05, 4.69) is 73.7 Å². The van der Waals surface area contributed by atoms with Crippen LogP contribution in [0.5, 0.6) is 0 Å². The monoisotopic (exact) mass is 470 g/mol. The summed E-state index contributed by atoms with van der Waals surface area (Å²) in [6.45, 7) is 15.2. The summed E-state index contributed by atoms with van der Waals surface area (Å²) in [6.07, 6.45) is 0. The van der Waals surface area contributed by atoms with Crippen LogP contribution in [-0.2, 0) is 15.8 Å². The molecular weight excluding hydrogens is 436 g/mol. The van der Waals surface area contributed by atoms with E-state index >= 15 is 0 Å². The number of rotatable bonds is 6. The average molecular weight is 471 g/mol. The molecular formula is C24H34N4O2SSi. The molecule has 1 N–H and O–H groups in total. The quantitative estimate of drug-likeness (QED) is 0.462. The van der Waals surface area contributed by atoms with E-state index in [1.54, 1.807) is 11.3 Å². The Kier molecular flexibility index (Phi) is 6.58. The second kappa shape index (κ2) is 9.09. The van der Waals surface area contributed by atoms with Crippen molar-refractivity contribution in [3.8, 4) is 11.1 Å². The van der Waals surface area contributed by atoms with Crippen molar-refractivity contribution in [3.63, 3.8) is 0 Å². The van der Waals surface area contributed by atoms with Gasteiger partial charge in [-0.25, -0.2) is 9.97 Å².